The monoisotopic (exact) mass is 133 g/mol. The molecule has 0 aliphatic heterocycles. The summed E-state index contributed by atoms with van der Waals surface area (Å²) in [6.45, 7) is 6.69. The fourth-order valence-electron chi connectivity index (χ4n) is 0. The number of rotatable bonds is 0. The van der Waals surface area contributed by atoms with Crippen molar-refractivity contribution >= 4 is 14.0 Å². The average Bonchev–Trinajstić information content (AvgIpc) is 1.65. The van der Waals surface area contributed by atoms with E-state index in [4.69, 9.17) is 4.79 Å². The fraction of sp³-hybridized carbons (Fsp3) is 0.800. The van der Waals surface area contributed by atoms with E-state index in [2.05, 4.69) is 25.0 Å². The first-order valence-electron chi connectivity index (χ1n) is 2.22. The number of carbonyl (C=O) groups excluding carboxylic acids is 1. The maximum atomic E-state index is 8.88. The second-order valence-corrected chi connectivity index (χ2v) is 4.34. The van der Waals surface area contributed by atoms with E-state index in [0.29, 0.717) is 7.92 Å². The highest BCUT2D eigenvalue weighted by Gasteiger charge is 1.65. The molecule has 3 heteroatoms. The highest BCUT2D eigenvalue weighted by atomic mass is 31.1. The van der Waals surface area contributed by atoms with E-state index >= 15 is 0 Å². The van der Waals surface area contributed by atoms with Crippen molar-refractivity contribution in [3.63, 3.8) is 0 Å². The minimum Gasteiger partial charge on any atom is -0.211 e. The van der Waals surface area contributed by atoms with Gasteiger partial charge in [-0.15, -0.1) is 7.92 Å². The first-order valence-corrected chi connectivity index (χ1v) is 4.90. The van der Waals surface area contributed by atoms with Crippen molar-refractivity contribution in [1.29, 1.82) is 0 Å². The van der Waals surface area contributed by atoms with Crippen LogP contribution in [0.3, 0.4) is 0 Å². The quantitative estimate of drug-likeness (QED) is 0.278. The minimum atomic E-state index is 0.380. The fourth-order valence-corrected chi connectivity index (χ4v) is 0. The molecule has 0 saturated heterocycles. The Hall–Kier alpha value is -0.190. The lowest BCUT2D eigenvalue weighted by atomic mass is 11.4. The molecule has 8 heavy (non-hydrogen) atoms. The van der Waals surface area contributed by atoms with Gasteiger partial charge in [-0.3, -0.25) is 0 Å². The number of nitrogens with zero attached hydrogens (tertiary/aromatic N) is 1. The number of hydrogen-bond donors (Lipinski definition) is 0. The Morgan fingerprint density at radius 1 is 1.38 bits per heavy atom. The van der Waals surface area contributed by atoms with E-state index in [1.807, 2.05) is 0 Å². The van der Waals surface area contributed by atoms with E-state index in [1.165, 1.54) is 13.1 Å². The van der Waals surface area contributed by atoms with Crippen LogP contribution in [0.25, 0.3) is 0 Å². The van der Waals surface area contributed by atoms with E-state index in [1.54, 1.807) is 0 Å². The van der Waals surface area contributed by atoms with Crippen LogP contribution in [0.5, 0.6) is 0 Å². The van der Waals surface area contributed by atoms with Gasteiger partial charge in [-0.05, 0) is 20.0 Å². The van der Waals surface area contributed by atoms with Crippen LogP contribution in [0.4, 0.5) is 0 Å². The lowest BCUT2D eigenvalue weighted by Gasteiger charge is -1.81. The summed E-state index contributed by atoms with van der Waals surface area (Å²) in [4.78, 5) is 11.8. The van der Waals surface area contributed by atoms with Crippen molar-refractivity contribution in [1.82, 2.24) is 0 Å². The molecule has 0 aromatic carbocycles. The van der Waals surface area contributed by atoms with Gasteiger partial charge in [0.2, 0.25) is 6.08 Å². The topological polar surface area (TPSA) is 29.4 Å². The molecule has 0 aliphatic rings. The Morgan fingerprint density at radius 2 is 1.50 bits per heavy atom. The molecule has 0 N–H and O–H groups in total. The van der Waals surface area contributed by atoms with E-state index in [9.17, 15) is 0 Å². The molecule has 0 aliphatic carbocycles. The van der Waals surface area contributed by atoms with Crippen molar-refractivity contribution in [3.05, 3.63) is 0 Å². The highest BCUT2D eigenvalue weighted by Crippen LogP contribution is 2.14. The summed E-state index contributed by atoms with van der Waals surface area (Å²) in [5, 5.41) is 0. The molecule has 0 unspecified atom stereocenters. The van der Waals surface area contributed by atoms with Crippen molar-refractivity contribution in [2.24, 2.45) is 4.99 Å². The Bertz CT molecular complexity index is 73.7. The smallest absolute Gasteiger partial charge is 0.211 e. The van der Waals surface area contributed by atoms with Crippen molar-refractivity contribution in [3.8, 4) is 0 Å². The van der Waals surface area contributed by atoms with Gasteiger partial charge < -0.3 is 0 Å². The second kappa shape index (κ2) is 9.94. The van der Waals surface area contributed by atoms with E-state index in [-0.39, 0.29) is 0 Å². The van der Waals surface area contributed by atoms with Gasteiger partial charge in [0.15, 0.2) is 0 Å². The zero-order valence-electron chi connectivity index (χ0n) is 5.80. The Balaban J connectivity index is 0. The molecule has 0 bridgehead atoms. The molecule has 0 aromatic rings. The lowest BCUT2D eigenvalue weighted by molar-refractivity contribution is 0.564. The molecule has 0 heterocycles. The summed E-state index contributed by atoms with van der Waals surface area (Å²) in [5.74, 6) is 0. The number of isocyanates is 1. The van der Waals surface area contributed by atoms with Crippen LogP contribution in [0.2, 0.25) is 0 Å². The van der Waals surface area contributed by atoms with Gasteiger partial charge in [-0.1, -0.05) is 0 Å². The Morgan fingerprint density at radius 3 is 1.50 bits per heavy atom. The summed E-state index contributed by atoms with van der Waals surface area (Å²) in [6, 6.07) is 0. The van der Waals surface area contributed by atoms with Crippen LogP contribution in [0.15, 0.2) is 4.99 Å². The van der Waals surface area contributed by atoms with Crippen molar-refractivity contribution in [2.45, 2.75) is 0 Å². The van der Waals surface area contributed by atoms with Crippen molar-refractivity contribution in [2.75, 3.05) is 27.0 Å². The van der Waals surface area contributed by atoms with Crippen LogP contribution in [-0.4, -0.2) is 33.1 Å². The summed E-state index contributed by atoms with van der Waals surface area (Å²) in [5.41, 5.74) is 0. The van der Waals surface area contributed by atoms with E-state index < -0.39 is 0 Å². The van der Waals surface area contributed by atoms with Crippen LogP contribution in [0, 0.1) is 0 Å². The summed E-state index contributed by atoms with van der Waals surface area (Å²) in [6.07, 6.45) is 1.31. The minimum absolute atomic E-state index is 0.380. The first kappa shape index (κ1) is 10.7. The third kappa shape index (κ3) is 205. The van der Waals surface area contributed by atoms with Gasteiger partial charge in [-0.25, -0.2) is 9.79 Å². The predicted molar refractivity (Wildman–Crippen MR) is 38.7 cm³/mol. The third-order valence-corrected chi connectivity index (χ3v) is 0.0913. The van der Waals surface area contributed by atoms with E-state index in [0.717, 1.165) is 0 Å². The first-order chi connectivity index (χ1) is 3.65. The molecule has 0 fully saturated rings. The van der Waals surface area contributed by atoms with Crippen LogP contribution in [-0.2, 0) is 4.79 Å². The number of aliphatic imine (C=N–C) groups is 1. The van der Waals surface area contributed by atoms with Gasteiger partial charge in [0.1, 0.15) is 0 Å². The average molecular weight is 133 g/mol. The van der Waals surface area contributed by atoms with Crippen LogP contribution >= 0.6 is 7.92 Å². The normalized spacial score (nSPS) is 6.62. The Kier molecular flexibility index (Phi) is 13.3. The highest BCUT2D eigenvalue weighted by molar-refractivity contribution is 7.55. The lowest BCUT2D eigenvalue weighted by Crippen LogP contribution is -1.48. The molecule has 0 radical (unpaired) electrons. The summed E-state index contributed by atoms with van der Waals surface area (Å²) >= 11 is 0. The SMILES string of the molecule is CN=C=O.CP(C)C. The molecular formula is C5H12NOP. The predicted octanol–water partition coefficient (Wildman–Crippen LogP) is 1.31. The summed E-state index contributed by atoms with van der Waals surface area (Å²) in [7, 11) is 1.76. The van der Waals surface area contributed by atoms with Gasteiger partial charge in [-0.2, -0.15) is 0 Å². The maximum Gasteiger partial charge on any atom is 0.234 e. The molecule has 0 rings (SSSR count). The third-order valence-electron chi connectivity index (χ3n) is 0.0913. The maximum absolute atomic E-state index is 8.88. The van der Waals surface area contributed by atoms with Crippen molar-refractivity contribution < 1.29 is 4.79 Å². The molecular weight excluding hydrogens is 121 g/mol. The largest absolute Gasteiger partial charge is 0.234 e. The molecule has 2 nitrogen and oxygen atoms in total. The molecule has 0 aromatic heterocycles. The van der Waals surface area contributed by atoms with Gasteiger partial charge in [0.05, 0.1) is 0 Å². The van der Waals surface area contributed by atoms with Gasteiger partial charge in [0.25, 0.3) is 0 Å². The number of hydrogen-bond acceptors (Lipinski definition) is 2. The van der Waals surface area contributed by atoms with Crippen LogP contribution in [0.1, 0.15) is 0 Å². The molecule has 48 valence electrons. The Labute approximate surface area is 51.8 Å². The molecule has 0 amide bonds. The standard InChI is InChI=1S/C3H9P.C2H3NO/c1-4(2)3;1-3-2-4/h1-3H3;1H3. The molecule has 0 spiro atoms. The van der Waals surface area contributed by atoms with Gasteiger partial charge >= 0.3 is 0 Å². The van der Waals surface area contributed by atoms with Crippen LogP contribution < -0.4 is 0 Å². The zero-order chi connectivity index (χ0) is 6.99. The zero-order valence-corrected chi connectivity index (χ0v) is 6.70. The molecule has 0 saturated carbocycles. The molecule has 0 atom stereocenters. The summed E-state index contributed by atoms with van der Waals surface area (Å²) < 4.78 is 0. The van der Waals surface area contributed by atoms with Gasteiger partial charge in [0, 0.05) is 7.05 Å². The second-order valence-electron chi connectivity index (χ2n) is 1.66.